The SMILES string of the molecule is CCOc1cc(C=C(C#N)c2ccccc2F)cc(Cl)c1OCc1cccc([N+](=O)[O-])c1. The van der Waals surface area contributed by atoms with Crippen molar-refractivity contribution in [3.63, 3.8) is 0 Å². The van der Waals surface area contributed by atoms with Crippen LogP contribution in [-0.4, -0.2) is 11.5 Å². The molecule has 0 radical (unpaired) electrons. The molecule has 0 amide bonds. The Hall–Kier alpha value is -3.89. The largest absolute Gasteiger partial charge is 0.490 e. The highest BCUT2D eigenvalue weighted by Crippen LogP contribution is 2.38. The summed E-state index contributed by atoms with van der Waals surface area (Å²) in [5.41, 5.74) is 1.39. The van der Waals surface area contributed by atoms with E-state index >= 15 is 0 Å². The first kappa shape index (κ1) is 22.8. The number of ether oxygens (including phenoxy) is 2. The van der Waals surface area contributed by atoms with Gasteiger partial charge in [0.2, 0.25) is 0 Å². The van der Waals surface area contributed by atoms with E-state index in [1.807, 2.05) is 6.07 Å². The van der Waals surface area contributed by atoms with Crippen molar-refractivity contribution >= 4 is 28.9 Å². The van der Waals surface area contributed by atoms with Gasteiger partial charge < -0.3 is 9.47 Å². The molecular weight excluding hydrogens is 435 g/mol. The van der Waals surface area contributed by atoms with Gasteiger partial charge in [-0.15, -0.1) is 0 Å². The van der Waals surface area contributed by atoms with Crippen LogP contribution in [-0.2, 0) is 6.61 Å². The monoisotopic (exact) mass is 452 g/mol. The molecule has 0 heterocycles. The standard InChI is InChI=1S/C24H18ClFN2O4/c1-2-31-23-13-17(10-18(14-27)20-8-3-4-9-22(20)26)12-21(25)24(23)32-15-16-6-5-7-19(11-16)28(29)30/h3-13H,2,15H2,1H3. The van der Waals surface area contributed by atoms with E-state index in [4.69, 9.17) is 21.1 Å². The molecule has 0 saturated carbocycles. The molecule has 0 fully saturated rings. The summed E-state index contributed by atoms with van der Waals surface area (Å²) in [7, 11) is 0. The second-order valence-corrected chi connectivity index (χ2v) is 7.04. The molecular formula is C24H18ClFN2O4. The highest BCUT2D eigenvalue weighted by Gasteiger charge is 2.15. The van der Waals surface area contributed by atoms with Gasteiger partial charge in [0.05, 0.1) is 28.2 Å². The van der Waals surface area contributed by atoms with Crippen molar-refractivity contribution in [2.45, 2.75) is 13.5 Å². The molecule has 3 aromatic carbocycles. The zero-order valence-corrected chi connectivity index (χ0v) is 17.8. The smallest absolute Gasteiger partial charge is 0.269 e. The molecule has 0 unspecified atom stereocenters. The average molecular weight is 453 g/mol. The van der Waals surface area contributed by atoms with Crippen molar-refractivity contribution in [1.82, 2.24) is 0 Å². The summed E-state index contributed by atoms with van der Waals surface area (Å²) in [5, 5.41) is 20.7. The fourth-order valence-corrected chi connectivity index (χ4v) is 3.28. The first-order valence-corrected chi connectivity index (χ1v) is 10.00. The van der Waals surface area contributed by atoms with Crippen molar-refractivity contribution in [3.8, 4) is 17.6 Å². The van der Waals surface area contributed by atoms with Crippen LogP contribution in [0.1, 0.15) is 23.6 Å². The van der Waals surface area contributed by atoms with Crippen LogP contribution in [0, 0.1) is 27.3 Å². The Morgan fingerprint density at radius 2 is 1.97 bits per heavy atom. The lowest BCUT2D eigenvalue weighted by Gasteiger charge is -2.15. The van der Waals surface area contributed by atoms with Gasteiger partial charge >= 0.3 is 0 Å². The third-order valence-corrected chi connectivity index (χ3v) is 4.71. The number of nitrogens with zero attached hydrogens (tertiary/aromatic N) is 2. The number of rotatable bonds is 8. The number of nitriles is 1. The van der Waals surface area contributed by atoms with Gasteiger partial charge in [0, 0.05) is 17.7 Å². The molecule has 3 aromatic rings. The third-order valence-electron chi connectivity index (χ3n) is 4.43. The van der Waals surface area contributed by atoms with Crippen LogP contribution >= 0.6 is 11.6 Å². The third kappa shape index (κ3) is 5.42. The maximum atomic E-state index is 14.1. The maximum Gasteiger partial charge on any atom is 0.269 e. The van der Waals surface area contributed by atoms with Gasteiger partial charge in [-0.2, -0.15) is 5.26 Å². The zero-order chi connectivity index (χ0) is 23.1. The Kier molecular flexibility index (Phi) is 7.42. The normalized spacial score (nSPS) is 11.0. The van der Waals surface area contributed by atoms with Gasteiger partial charge in [-0.25, -0.2) is 4.39 Å². The number of halogens is 2. The van der Waals surface area contributed by atoms with Gasteiger partial charge in [-0.3, -0.25) is 10.1 Å². The predicted octanol–water partition coefficient (Wildman–Crippen LogP) is 6.43. The Balaban J connectivity index is 1.93. The second kappa shape index (κ2) is 10.4. The summed E-state index contributed by atoms with van der Waals surface area (Å²) in [5.74, 6) is 0.0948. The molecule has 0 aliphatic carbocycles. The van der Waals surface area contributed by atoms with Crippen molar-refractivity contribution in [1.29, 1.82) is 5.26 Å². The van der Waals surface area contributed by atoms with Crippen LogP contribution in [0.2, 0.25) is 5.02 Å². The fourth-order valence-electron chi connectivity index (χ4n) is 3.01. The molecule has 162 valence electrons. The quantitative estimate of drug-likeness (QED) is 0.170. The lowest BCUT2D eigenvalue weighted by atomic mass is 10.0. The molecule has 8 heteroatoms. The molecule has 0 saturated heterocycles. The maximum absolute atomic E-state index is 14.1. The molecule has 0 atom stereocenters. The van der Waals surface area contributed by atoms with Crippen molar-refractivity contribution < 1.29 is 18.8 Å². The van der Waals surface area contributed by atoms with E-state index in [1.54, 1.807) is 43.3 Å². The highest BCUT2D eigenvalue weighted by atomic mass is 35.5. The van der Waals surface area contributed by atoms with E-state index in [0.29, 0.717) is 23.5 Å². The van der Waals surface area contributed by atoms with Gasteiger partial charge in [0.25, 0.3) is 5.69 Å². The van der Waals surface area contributed by atoms with E-state index in [9.17, 15) is 19.8 Å². The number of nitro groups is 1. The zero-order valence-electron chi connectivity index (χ0n) is 17.0. The summed E-state index contributed by atoms with van der Waals surface area (Å²) in [4.78, 5) is 10.5. The van der Waals surface area contributed by atoms with E-state index in [0.717, 1.165) is 0 Å². The topological polar surface area (TPSA) is 85.4 Å². The first-order valence-electron chi connectivity index (χ1n) is 9.62. The van der Waals surface area contributed by atoms with E-state index < -0.39 is 10.7 Å². The van der Waals surface area contributed by atoms with Crippen LogP contribution < -0.4 is 9.47 Å². The van der Waals surface area contributed by atoms with Gasteiger partial charge in [-0.05, 0) is 42.3 Å². The Bertz CT molecular complexity index is 1220. The lowest BCUT2D eigenvalue weighted by Crippen LogP contribution is -2.01. The number of hydrogen-bond acceptors (Lipinski definition) is 5. The first-order chi connectivity index (χ1) is 15.4. The number of non-ortho nitro benzene ring substituents is 1. The highest BCUT2D eigenvalue weighted by molar-refractivity contribution is 6.32. The van der Waals surface area contributed by atoms with Crippen LogP contribution in [0.3, 0.4) is 0 Å². The minimum atomic E-state index is -0.506. The van der Waals surface area contributed by atoms with Gasteiger partial charge in [0.15, 0.2) is 11.5 Å². The van der Waals surface area contributed by atoms with Crippen LogP contribution in [0.25, 0.3) is 11.6 Å². The molecule has 0 spiro atoms. The predicted molar refractivity (Wildman–Crippen MR) is 120 cm³/mol. The van der Waals surface area contributed by atoms with E-state index in [2.05, 4.69) is 0 Å². The Morgan fingerprint density at radius 3 is 2.66 bits per heavy atom. The van der Waals surface area contributed by atoms with E-state index in [1.165, 1.54) is 30.3 Å². The number of hydrogen-bond donors (Lipinski definition) is 0. The summed E-state index contributed by atoms with van der Waals surface area (Å²) in [6.07, 6.45) is 1.51. The molecule has 0 aliphatic heterocycles. The minimum Gasteiger partial charge on any atom is -0.490 e. The Labute approximate surface area is 189 Å². The number of benzene rings is 3. The summed E-state index contributed by atoms with van der Waals surface area (Å²) >= 11 is 6.42. The minimum absolute atomic E-state index is 0.0370. The Morgan fingerprint density at radius 1 is 1.19 bits per heavy atom. The molecule has 0 N–H and O–H groups in total. The van der Waals surface area contributed by atoms with Crippen LogP contribution in [0.5, 0.6) is 11.5 Å². The van der Waals surface area contributed by atoms with Crippen molar-refractivity contribution in [2.75, 3.05) is 6.61 Å². The second-order valence-electron chi connectivity index (χ2n) is 6.63. The molecule has 3 rings (SSSR count). The fraction of sp³-hybridized carbons (Fsp3) is 0.125. The van der Waals surface area contributed by atoms with Crippen molar-refractivity contribution in [3.05, 3.63) is 98.3 Å². The van der Waals surface area contributed by atoms with E-state index in [-0.39, 0.29) is 34.2 Å². The molecule has 0 aromatic heterocycles. The lowest BCUT2D eigenvalue weighted by molar-refractivity contribution is -0.384. The van der Waals surface area contributed by atoms with Crippen molar-refractivity contribution in [2.24, 2.45) is 0 Å². The summed E-state index contributed by atoms with van der Waals surface area (Å²) in [6, 6.07) is 17.3. The number of nitro benzene ring substituents is 1. The van der Waals surface area contributed by atoms with Crippen LogP contribution in [0.4, 0.5) is 10.1 Å². The molecule has 0 aliphatic rings. The van der Waals surface area contributed by atoms with Gasteiger partial charge in [-0.1, -0.05) is 41.9 Å². The van der Waals surface area contributed by atoms with Crippen LogP contribution in [0.15, 0.2) is 60.7 Å². The summed E-state index contributed by atoms with van der Waals surface area (Å²) in [6.45, 7) is 2.16. The molecule has 32 heavy (non-hydrogen) atoms. The van der Waals surface area contributed by atoms with Gasteiger partial charge in [0.1, 0.15) is 12.4 Å². The average Bonchev–Trinajstić information content (AvgIpc) is 2.78. The summed E-state index contributed by atoms with van der Waals surface area (Å²) < 4.78 is 25.6. The number of allylic oxidation sites excluding steroid dienone is 1. The molecule has 0 bridgehead atoms. The molecule has 6 nitrogen and oxygen atoms in total.